The lowest BCUT2D eigenvalue weighted by Crippen LogP contribution is -2.16. The van der Waals surface area contributed by atoms with Crippen LogP contribution < -0.4 is 15.8 Å². The monoisotopic (exact) mass is 383 g/mol. The summed E-state index contributed by atoms with van der Waals surface area (Å²) in [7, 11) is 0. The Balaban J connectivity index is 1.76. The summed E-state index contributed by atoms with van der Waals surface area (Å²) in [6.45, 7) is -0.119. The number of hydrogen-bond donors (Lipinski definition) is 2. The largest absolute Gasteiger partial charge is 0.472 e. The number of nitrogens with one attached hydrogen (secondary N) is 1. The first kappa shape index (κ1) is 19.0. The van der Waals surface area contributed by atoms with Crippen LogP contribution in [-0.4, -0.2) is 16.8 Å². The molecule has 142 valence electrons. The van der Waals surface area contributed by atoms with Crippen LogP contribution in [0.1, 0.15) is 26.3 Å². The number of nitrogens with zero attached hydrogens (tertiary/aromatic N) is 1. The molecule has 0 atom stereocenters. The summed E-state index contributed by atoms with van der Waals surface area (Å²) in [5, 5.41) is 2.49. The number of halogens is 2. The maximum Gasteiger partial charge on any atom is 0.261 e. The number of pyridine rings is 1. The van der Waals surface area contributed by atoms with E-state index in [2.05, 4.69) is 10.3 Å². The van der Waals surface area contributed by atoms with Crippen molar-refractivity contribution in [3.05, 3.63) is 89.1 Å². The van der Waals surface area contributed by atoms with Gasteiger partial charge in [-0.15, -0.1) is 0 Å². The maximum atomic E-state index is 13.9. The van der Waals surface area contributed by atoms with E-state index >= 15 is 0 Å². The van der Waals surface area contributed by atoms with Gasteiger partial charge < -0.3 is 15.8 Å². The summed E-state index contributed by atoms with van der Waals surface area (Å²) in [4.78, 5) is 27.6. The smallest absolute Gasteiger partial charge is 0.261 e. The van der Waals surface area contributed by atoms with Gasteiger partial charge in [0.2, 0.25) is 5.88 Å². The molecule has 0 spiro atoms. The van der Waals surface area contributed by atoms with Gasteiger partial charge in [-0.3, -0.25) is 9.59 Å². The molecule has 0 aliphatic carbocycles. The van der Waals surface area contributed by atoms with Gasteiger partial charge in [-0.25, -0.2) is 13.8 Å². The summed E-state index contributed by atoms with van der Waals surface area (Å²) >= 11 is 0. The highest BCUT2D eigenvalue weighted by atomic mass is 19.1. The number of anilines is 1. The zero-order valence-electron chi connectivity index (χ0n) is 14.5. The maximum absolute atomic E-state index is 13.9. The molecule has 3 aromatic rings. The predicted molar refractivity (Wildman–Crippen MR) is 97.8 cm³/mol. The molecule has 0 bridgehead atoms. The third-order valence-electron chi connectivity index (χ3n) is 3.83. The van der Waals surface area contributed by atoms with Crippen molar-refractivity contribution in [3.8, 4) is 5.88 Å². The van der Waals surface area contributed by atoms with Gasteiger partial charge in [-0.2, -0.15) is 0 Å². The highest BCUT2D eigenvalue weighted by Crippen LogP contribution is 2.20. The lowest BCUT2D eigenvalue weighted by atomic mass is 10.1. The highest BCUT2D eigenvalue weighted by molar-refractivity contribution is 6.06. The second-order valence-electron chi connectivity index (χ2n) is 5.75. The van der Waals surface area contributed by atoms with Gasteiger partial charge in [-0.1, -0.05) is 18.2 Å². The number of primary amides is 1. The summed E-state index contributed by atoms with van der Waals surface area (Å²) < 4.78 is 33.1. The van der Waals surface area contributed by atoms with Crippen molar-refractivity contribution in [2.24, 2.45) is 5.73 Å². The molecule has 0 unspecified atom stereocenters. The first-order valence-electron chi connectivity index (χ1n) is 8.17. The van der Waals surface area contributed by atoms with Gasteiger partial charge in [0.05, 0.1) is 5.56 Å². The Hall–Kier alpha value is -3.81. The summed E-state index contributed by atoms with van der Waals surface area (Å²) in [6.07, 6.45) is 1.43. The Morgan fingerprint density at radius 1 is 1.00 bits per heavy atom. The topological polar surface area (TPSA) is 94.3 Å². The molecule has 0 saturated heterocycles. The van der Waals surface area contributed by atoms with Crippen molar-refractivity contribution < 1.29 is 23.1 Å². The quantitative estimate of drug-likeness (QED) is 0.683. The Morgan fingerprint density at radius 3 is 2.50 bits per heavy atom. The average Bonchev–Trinajstić information content (AvgIpc) is 2.67. The van der Waals surface area contributed by atoms with E-state index in [1.165, 1.54) is 36.5 Å². The molecule has 1 aromatic heterocycles. The molecule has 1 heterocycles. The molecular formula is C20H15F2N3O3. The third kappa shape index (κ3) is 4.29. The van der Waals surface area contributed by atoms with Crippen molar-refractivity contribution in [1.29, 1.82) is 0 Å². The number of aromatic nitrogens is 1. The fourth-order valence-corrected chi connectivity index (χ4v) is 2.43. The van der Waals surface area contributed by atoms with E-state index in [1.807, 2.05) is 0 Å². The minimum Gasteiger partial charge on any atom is -0.472 e. The van der Waals surface area contributed by atoms with Crippen molar-refractivity contribution in [2.75, 3.05) is 5.32 Å². The summed E-state index contributed by atoms with van der Waals surface area (Å²) in [5.74, 6) is -2.81. The van der Waals surface area contributed by atoms with Gasteiger partial charge in [0.1, 0.15) is 23.8 Å². The Bertz CT molecular complexity index is 1040. The van der Waals surface area contributed by atoms with E-state index in [-0.39, 0.29) is 29.3 Å². The zero-order valence-corrected chi connectivity index (χ0v) is 14.5. The third-order valence-corrected chi connectivity index (χ3v) is 3.83. The Kier molecular flexibility index (Phi) is 5.59. The van der Waals surface area contributed by atoms with Crippen LogP contribution in [0, 0.1) is 11.6 Å². The molecule has 2 amide bonds. The predicted octanol–water partition coefficient (Wildman–Crippen LogP) is 3.29. The van der Waals surface area contributed by atoms with Crippen LogP contribution in [-0.2, 0) is 6.61 Å². The van der Waals surface area contributed by atoms with E-state index in [0.29, 0.717) is 5.56 Å². The molecule has 2 aromatic carbocycles. The van der Waals surface area contributed by atoms with Gasteiger partial charge >= 0.3 is 0 Å². The molecular weight excluding hydrogens is 368 g/mol. The number of amides is 2. The van der Waals surface area contributed by atoms with Crippen LogP contribution >= 0.6 is 0 Å². The van der Waals surface area contributed by atoms with Crippen molar-refractivity contribution in [1.82, 2.24) is 4.98 Å². The standard InChI is InChI=1S/C20H15F2N3O3/c21-16-6-2-1-4-12(16)11-28-20-15(5-3-9-24-20)19(27)25-13-7-8-14(18(23)26)17(22)10-13/h1-10H,11H2,(H2,23,26)(H,25,27). The second-order valence-corrected chi connectivity index (χ2v) is 5.75. The second kappa shape index (κ2) is 8.26. The van der Waals surface area contributed by atoms with E-state index in [9.17, 15) is 18.4 Å². The zero-order chi connectivity index (χ0) is 20.1. The number of ether oxygens (including phenoxy) is 1. The first-order chi connectivity index (χ1) is 13.5. The average molecular weight is 383 g/mol. The van der Waals surface area contributed by atoms with E-state index < -0.39 is 23.4 Å². The van der Waals surface area contributed by atoms with Crippen LogP contribution in [0.2, 0.25) is 0 Å². The molecule has 3 N–H and O–H groups in total. The number of carbonyl (C=O) groups is 2. The number of rotatable bonds is 6. The van der Waals surface area contributed by atoms with E-state index in [4.69, 9.17) is 10.5 Å². The lowest BCUT2D eigenvalue weighted by molar-refractivity contribution is 0.0994. The van der Waals surface area contributed by atoms with Crippen LogP contribution in [0.25, 0.3) is 0 Å². The number of benzene rings is 2. The fraction of sp³-hybridized carbons (Fsp3) is 0.0500. The lowest BCUT2D eigenvalue weighted by Gasteiger charge is -2.11. The van der Waals surface area contributed by atoms with Gasteiger partial charge in [0.25, 0.3) is 11.8 Å². The SMILES string of the molecule is NC(=O)c1ccc(NC(=O)c2cccnc2OCc2ccccc2F)cc1F. The molecule has 28 heavy (non-hydrogen) atoms. The van der Waals surface area contributed by atoms with Gasteiger partial charge in [-0.05, 0) is 36.4 Å². The van der Waals surface area contributed by atoms with Gasteiger partial charge in [0, 0.05) is 17.4 Å². The normalized spacial score (nSPS) is 10.4. The minimum atomic E-state index is -0.911. The van der Waals surface area contributed by atoms with Crippen LogP contribution in [0.4, 0.5) is 14.5 Å². The number of nitrogens with two attached hydrogens (primary N) is 1. The molecule has 0 fully saturated rings. The molecule has 8 heteroatoms. The number of carbonyl (C=O) groups excluding carboxylic acids is 2. The minimum absolute atomic E-state index is 0.00233. The molecule has 0 radical (unpaired) electrons. The number of hydrogen-bond acceptors (Lipinski definition) is 4. The van der Waals surface area contributed by atoms with Crippen molar-refractivity contribution in [3.63, 3.8) is 0 Å². The van der Waals surface area contributed by atoms with Gasteiger partial charge in [0.15, 0.2) is 0 Å². The molecule has 0 aliphatic rings. The molecule has 3 rings (SSSR count). The fourth-order valence-electron chi connectivity index (χ4n) is 2.43. The van der Waals surface area contributed by atoms with E-state index in [1.54, 1.807) is 18.2 Å². The van der Waals surface area contributed by atoms with Crippen LogP contribution in [0.3, 0.4) is 0 Å². The van der Waals surface area contributed by atoms with Crippen LogP contribution in [0.5, 0.6) is 5.88 Å². The molecule has 6 nitrogen and oxygen atoms in total. The molecule has 0 saturated carbocycles. The van der Waals surface area contributed by atoms with E-state index in [0.717, 1.165) is 6.07 Å². The first-order valence-corrected chi connectivity index (χ1v) is 8.17. The Morgan fingerprint density at radius 2 is 1.79 bits per heavy atom. The summed E-state index contributed by atoms with van der Waals surface area (Å²) in [5.41, 5.74) is 5.28. The Labute approximate surface area is 159 Å². The van der Waals surface area contributed by atoms with Crippen molar-refractivity contribution >= 4 is 17.5 Å². The summed E-state index contributed by atoms with van der Waals surface area (Å²) in [6, 6.07) is 12.6. The highest BCUT2D eigenvalue weighted by Gasteiger charge is 2.16. The van der Waals surface area contributed by atoms with Crippen LogP contribution in [0.15, 0.2) is 60.8 Å². The molecule has 0 aliphatic heterocycles. The van der Waals surface area contributed by atoms with Crippen molar-refractivity contribution in [2.45, 2.75) is 6.61 Å².